The summed E-state index contributed by atoms with van der Waals surface area (Å²) in [5.41, 5.74) is 2.11. The summed E-state index contributed by atoms with van der Waals surface area (Å²) in [4.78, 5) is 8.86. The van der Waals surface area contributed by atoms with Crippen molar-refractivity contribution in [3.8, 4) is 0 Å². The minimum Gasteiger partial charge on any atom is -0.367 e. The average Bonchev–Trinajstić information content (AvgIpc) is 3.04. The molecule has 0 bridgehead atoms. The molecule has 0 spiro atoms. The second kappa shape index (κ2) is 6.23. The summed E-state index contributed by atoms with van der Waals surface area (Å²) in [7, 11) is -0.904. The van der Waals surface area contributed by atoms with Crippen molar-refractivity contribution < 1.29 is 0 Å². The largest absolute Gasteiger partial charge is 0.367 e. The van der Waals surface area contributed by atoms with E-state index in [9.17, 15) is 0 Å². The standard InChI is InChI=1S/C19H27N3Si/c1-23(12-4-5-13-23)16-10-8-15(9-11-16)22-19-17-6-2-3-7-18(17)20-14-21-19/h2-3,6-7,14-16H,4-5,8-13H2,1H3,(H,20,21,22). The summed E-state index contributed by atoms with van der Waals surface area (Å²) in [6, 6.07) is 12.1. The third-order valence-electron chi connectivity index (χ3n) is 6.34. The van der Waals surface area contributed by atoms with Gasteiger partial charge in [0.1, 0.15) is 12.1 Å². The molecule has 0 atom stereocenters. The molecule has 1 N–H and O–H groups in total. The second-order valence-electron chi connectivity index (χ2n) is 7.79. The van der Waals surface area contributed by atoms with E-state index < -0.39 is 8.07 Å². The molecular formula is C19H27N3Si. The van der Waals surface area contributed by atoms with Crippen molar-refractivity contribution in [2.75, 3.05) is 5.32 Å². The Bertz CT molecular complexity index is 668. The third kappa shape index (κ3) is 3.01. The van der Waals surface area contributed by atoms with Crippen LogP contribution in [0, 0.1) is 0 Å². The maximum absolute atomic E-state index is 4.50. The topological polar surface area (TPSA) is 37.8 Å². The summed E-state index contributed by atoms with van der Waals surface area (Å²) >= 11 is 0. The van der Waals surface area contributed by atoms with Gasteiger partial charge in [-0.25, -0.2) is 9.97 Å². The fourth-order valence-corrected chi connectivity index (χ4v) is 9.75. The van der Waals surface area contributed by atoms with Crippen molar-refractivity contribution in [1.82, 2.24) is 9.97 Å². The van der Waals surface area contributed by atoms with Crippen LogP contribution in [0.1, 0.15) is 38.5 Å². The van der Waals surface area contributed by atoms with Crippen LogP contribution in [-0.2, 0) is 0 Å². The van der Waals surface area contributed by atoms with Gasteiger partial charge >= 0.3 is 0 Å². The molecule has 0 radical (unpaired) electrons. The molecule has 1 aliphatic carbocycles. The smallest absolute Gasteiger partial charge is 0.137 e. The second-order valence-corrected chi connectivity index (χ2v) is 12.9. The summed E-state index contributed by atoms with van der Waals surface area (Å²) < 4.78 is 0. The number of nitrogens with zero attached hydrogens (tertiary/aromatic N) is 2. The van der Waals surface area contributed by atoms with E-state index in [2.05, 4.69) is 40.0 Å². The fraction of sp³-hybridized carbons (Fsp3) is 0.579. The number of hydrogen-bond donors (Lipinski definition) is 1. The van der Waals surface area contributed by atoms with Gasteiger partial charge in [0.15, 0.2) is 0 Å². The molecular weight excluding hydrogens is 298 g/mol. The zero-order valence-corrected chi connectivity index (χ0v) is 15.1. The van der Waals surface area contributed by atoms with Crippen molar-refractivity contribution in [3.05, 3.63) is 30.6 Å². The molecule has 1 aromatic heterocycles. The van der Waals surface area contributed by atoms with Crippen LogP contribution in [0.25, 0.3) is 10.9 Å². The number of rotatable bonds is 3. The average molecular weight is 326 g/mol. The van der Waals surface area contributed by atoms with Crippen LogP contribution < -0.4 is 5.32 Å². The number of hydrogen-bond acceptors (Lipinski definition) is 3. The fourth-order valence-electron chi connectivity index (χ4n) is 4.84. The van der Waals surface area contributed by atoms with Gasteiger partial charge in [0.2, 0.25) is 0 Å². The highest BCUT2D eigenvalue weighted by Gasteiger charge is 2.40. The minimum absolute atomic E-state index is 0.587. The first-order valence-corrected chi connectivity index (χ1v) is 12.2. The van der Waals surface area contributed by atoms with Gasteiger partial charge in [-0.3, -0.25) is 0 Å². The normalized spacial score (nSPS) is 27.2. The Morgan fingerprint density at radius 1 is 1.00 bits per heavy atom. The lowest BCUT2D eigenvalue weighted by molar-refractivity contribution is 0.452. The highest BCUT2D eigenvalue weighted by Crippen LogP contribution is 2.46. The number of para-hydroxylation sites is 1. The van der Waals surface area contributed by atoms with E-state index in [-0.39, 0.29) is 0 Å². The third-order valence-corrected chi connectivity index (χ3v) is 11.9. The quantitative estimate of drug-likeness (QED) is 0.785. The maximum Gasteiger partial charge on any atom is 0.137 e. The molecule has 0 amide bonds. The lowest BCUT2D eigenvalue weighted by Gasteiger charge is -2.38. The van der Waals surface area contributed by atoms with Crippen LogP contribution in [0.2, 0.25) is 24.2 Å². The molecule has 23 heavy (non-hydrogen) atoms. The van der Waals surface area contributed by atoms with Gasteiger partial charge in [-0.1, -0.05) is 56.5 Å². The first-order chi connectivity index (χ1) is 11.2. The van der Waals surface area contributed by atoms with Crippen LogP contribution in [0.15, 0.2) is 30.6 Å². The van der Waals surface area contributed by atoms with E-state index in [0.29, 0.717) is 6.04 Å². The van der Waals surface area contributed by atoms with Crippen LogP contribution in [0.3, 0.4) is 0 Å². The van der Waals surface area contributed by atoms with E-state index in [4.69, 9.17) is 0 Å². The molecule has 2 heterocycles. The van der Waals surface area contributed by atoms with Gasteiger partial charge < -0.3 is 5.32 Å². The van der Waals surface area contributed by atoms with Crippen molar-refractivity contribution in [2.45, 2.75) is 68.7 Å². The molecule has 0 unspecified atom stereocenters. The van der Waals surface area contributed by atoms with Crippen molar-refractivity contribution in [1.29, 1.82) is 0 Å². The molecule has 122 valence electrons. The molecule has 2 aliphatic rings. The molecule has 1 saturated heterocycles. The summed E-state index contributed by atoms with van der Waals surface area (Å²) in [6.45, 7) is 2.68. The Labute approximate surface area is 139 Å². The van der Waals surface area contributed by atoms with Crippen LogP contribution in [0.4, 0.5) is 5.82 Å². The molecule has 4 rings (SSSR count). The SMILES string of the molecule is C[Si]1(C2CCC(Nc3ncnc4ccccc34)CC2)CCCC1. The van der Waals surface area contributed by atoms with Crippen LogP contribution >= 0.6 is 0 Å². The molecule has 2 aromatic rings. The van der Waals surface area contributed by atoms with Gasteiger partial charge in [-0.05, 0) is 30.5 Å². The summed E-state index contributed by atoms with van der Waals surface area (Å²) in [5, 5.41) is 4.86. The summed E-state index contributed by atoms with van der Waals surface area (Å²) in [6.07, 6.45) is 10.2. The van der Waals surface area contributed by atoms with Gasteiger partial charge in [0.25, 0.3) is 0 Å². The molecule has 4 heteroatoms. The number of aromatic nitrogens is 2. The van der Waals surface area contributed by atoms with Gasteiger partial charge in [0.05, 0.1) is 13.6 Å². The number of anilines is 1. The molecule has 1 saturated carbocycles. The highest BCUT2D eigenvalue weighted by atomic mass is 28.3. The molecule has 3 nitrogen and oxygen atoms in total. The minimum atomic E-state index is -0.904. The van der Waals surface area contributed by atoms with Crippen molar-refractivity contribution in [2.24, 2.45) is 0 Å². The van der Waals surface area contributed by atoms with E-state index in [1.165, 1.54) is 38.5 Å². The molecule has 1 aromatic carbocycles. The van der Waals surface area contributed by atoms with E-state index >= 15 is 0 Å². The van der Waals surface area contributed by atoms with Crippen molar-refractivity contribution in [3.63, 3.8) is 0 Å². The number of fused-ring (bicyclic) bond motifs is 1. The van der Waals surface area contributed by atoms with E-state index in [1.54, 1.807) is 18.4 Å². The van der Waals surface area contributed by atoms with Crippen molar-refractivity contribution >= 4 is 24.8 Å². The lowest BCUT2D eigenvalue weighted by atomic mass is 9.94. The van der Waals surface area contributed by atoms with Gasteiger partial charge in [-0.2, -0.15) is 0 Å². The first kappa shape index (κ1) is 15.1. The molecule has 1 aliphatic heterocycles. The molecule has 2 fully saturated rings. The summed E-state index contributed by atoms with van der Waals surface area (Å²) in [5.74, 6) is 1.02. The Balaban J connectivity index is 1.43. The van der Waals surface area contributed by atoms with Gasteiger partial charge in [0, 0.05) is 11.4 Å². The number of nitrogens with one attached hydrogen (secondary N) is 1. The highest BCUT2D eigenvalue weighted by molar-refractivity contribution is 6.80. The lowest BCUT2D eigenvalue weighted by Crippen LogP contribution is -2.37. The maximum atomic E-state index is 4.50. The van der Waals surface area contributed by atoms with E-state index in [0.717, 1.165) is 22.3 Å². The van der Waals surface area contributed by atoms with Gasteiger partial charge in [-0.15, -0.1) is 0 Å². The Kier molecular flexibility index (Phi) is 4.10. The monoisotopic (exact) mass is 325 g/mol. The Hall–Kier alpha value is -1.42. The first-order valence-electron chi connectivity index (χ1n) is 9.21. The van der Waals surface area contributed by atoms with E-state index in [1.807, 2.05) is 6.07 Å². The Morgan fingerprint density at radius 2 is 1.74 bits per heavy atom. The predicted molar refractivity (Wildman–Crippen MR) is 99.6 cm³/mol. The predicted octanol–water partition coefficient (Wildman–Crippen LogP) is 5.23. The van der Waals surface area contributed by atoms with Crippen LogP contribution in [-0.4, -0.2) is 24.1 Å². The van der Waals surface area contributed by atoms with Crippen LogP contribution in [0.5, 0.6) is 0 Å². The zero-order valence-electron chi connectivity index (χ0n) is 14.1. The Morgan fingerprint density at radius 3 is 2.52 bits per heavy atom. The zero-order chi connectivity index (χ0) is 15.7. The number of benzene rings is 1.